The second kappa shape index (κ2) is 7.66. The smallest absolute Gasteiger partial charge is 0.339 e. The molecule has 1 aliphatic heterocycles. The van der Waals surface area contributed by atoms with Crippen molar-refractivity contribution in [3.8, 4) is 5.75 Å². The van der Waals surface area contributed by atoms with E-state index in [0.29, 0.717) is 24.8 Å². The van der Waals surface area contributed by atoms with Crippen molar-refractivity contribution in [1.29, 1.82) is 0 Å². The predicted molar refractivity (Wildman–Crippen MR) is 93.4 cm³/mol. The summed E-state index contributed by atoms with van der Waals surface area (Å²) < 4.78 is 19.3. The zero-order valence-electron chi connectivity index (χ0n) is 14.2. The average molecular weight is 343 g/mol. The summed E-state index contributed by atoms with van der Waals surface area (Å²) in [6.07, 6.45) is 1.05. The summed E-state index contributed by atoms with van der Waals surface area (Å²) in [6, 6.07) is 13.6. The van der Waals surface area contributed by atoms with E-state index < -0.39 is 5.97 Å². The lowest BCUT2D eigenvalue weighted by atomic mass is 9.95. The average Bonchev–Trinajstić information content (AvgIpc) is 2.96. The van der Waals surface area contributed by atoms with Gasteiger partial charge in [-0.3, -0.25) is 4.90 Å². The molecular formula is C20H22FNO3. The van der Waals surface area contributed by atoms with Gasteiger partial charge in [-0.25, -0.2) is 9.18 Å². The van der Waals surface area contributed by atoms with Crippen LogP contribution in [0.4, 0.5) is 4.39 Å². The van der Waals surface area contributed by atoms with E-state index in [9.17, 15) is 14.3 Å². The number of carboxylic acids is 1. The summed E-state index contributed by atoms with van der Waals surface area (Å²) in [7, 11) is 0. The van der Waals surface area contributed by atoms with E-state index in [0.717, 1.165) is 18.5 Å². The van der Waals surface area contributed by atoms with Gasteiger partial charge in [0.15, 0.2) is 0 Å². The van der Waals surface area contributed by atoms with Crippen LogP contribution in [0, 0.1) is 11.7 Å². The third kappa shape index (κ3) is 3.99. The number of hydrogen-bond donors (Lipinski definition) is 1. The molecule has 0 bridgehead atoms. The van der Waals surface area contributed by atoms with Gasteiger partial charge in [-0.1, -0.05) is 31.2 Å². The molecule has 0 amide bonds. The summed E-state index contributed by atoms with van der Waals surface area (Å²) in [5, 5.41) is 9.20. The molecule has 1 aliphatic rings. The van der Waals surface area contributed by atoms with Crippen LogP contribution in [-0.2, 0) is 0 Å². The number of hydrogen-bond acceptors (Lipinski definition) is 3. The first kappa shape index (κ1) is 17.4. The van der Waals surface area contributed by atoms with Gasteiger partial charge in [-0.2, -0.15) is 0 Å². The number of likely N-dealkylation sites (tertiary alicyclic amines) is 1. The highest BCUT2D eigenvalue weighted by Gasteiger charge is 2.32. The Labute approximate surface area is 146 Å². The van der Waals surface area contributed by atoms with Gasteiger partial charge in [-0.15, -0.1) is 0 Å². The standard InChI is InChI=1S/C20H22FNO3/c1-14-9-10-22(19(14)15-5-4-6-16(21)13-15)11-12-25-18-8-3-2-7-17(18)20(23)24/h2-8,13-14,19H,9-12H2,1H3,(H,23,24)/t14-,19+/m1/s1. The summed E-state index contributed by atoms with van der Waals surface area (Å²) in [6.45, 7) is 4.16. The molecule has 2 aromatic carbocycles. The Morgan fingerprint density at radius 1 is 1.28 bits per heavy atom. The molecule has 1 heterocycles. The third-order valence-electron chi connectivity index (χ3n) is 4.75. The molecule has 1 N–H and O–H groups in total. The molecule has 0 spiro atoms. The molecule has 2 atom stereocenters. The number of rotatable bonds is 6. The Morgan fingerprint density at radius 2 is 2.08 bits per heavy atom. The zero-order chi connectivity index (χ0) is 17.8. The number of halogens is 1. The number of benzene rings is 2. The van der Waals surface area contributed by atoms with Gasteiger partial charge in [0.2, 0.25) is 0 Å². The van der Waals surface area contributed by atoms with Crippen LogP contribution in [0.3, 0.4) is 0 Å². The van der Waals surface area contributed by atoms with Crippen molar-refractivity contribution in [2.75, 3.05) is 19.7 Å². The van der Waals surface area contributed by atoms with Gasteiger partial charge in [0, 0.05) is 12.6 Å². The number of nitrogens with zero attached hydrogens (tertiary/aromatic N) is 1. The van der Waals surface area contributed by atoms with Crippen LogP contribution >= 0.6 is 0 Å². The van der Waals surface area contributed by atoms with Crippen LogP contribution in [-0.4, -0.2) is 35.7 Å². The maximum absolute atomic E-state index is 13.6. The van der Waals surface area contributed by atoms with Gasteiger partial charge < -0.3 is 9.84 Å². The Hall–Kier alpha value is -2.40. The Kier molecular flexibility index (Phi) is 5.34. The fourth-order valence-electron chi connectivity index (χ4n) is 3.55. The molecule has 0 radical (unpaired) electrons. The second-order valence-corrected chi connectivity index (χ2v) is 6.45. The molecule has 132 valence electrons. The van der Waals surface area contributed by atoms with Gasteiger partial charge in [0.05, 0.1) is 0 Å². The van der Waals surface area contributed by atoms with Crippen molar-refractivity contribution in [3.63, 3.8) is 0 Å². The highest BCUT2D eigenvalue weighted by Crippen LogP contribution is 2.36. The number of carboxylic acid groups (broad SMARTS) is 1. The van der Waals surface area contributed by atoms with Crippen molar-refractivity contribution in [2.24, 2.45) is 5.92 Å². The summed E-state index contributed by atoms with van der Waals surface area (Å²) in [5.74, 6) is -0.399. The molecule has 5 heteroatoms. The normalized spacial score (nSPS) is 20.6. The highest BCUT2D eigenvalue weighted by molar-refractivity contribution is 5.90. The van der Waals surface area contributed by atoms with Crippen molar-refractivity contribution >= 4 is 5.97 Å². The quantitative estimate of drug-likeness (QED) is 0.862. The number of para-hydroxylation sites is 1. The first-order valence-corrected chi connectivity index (χ1v) is 8.51. The van der Waals surface area contributed by atoms with Crippen LogP contribution < -0.4 is 4.74 Å². The Morgan fingerprint density at radius 3 is 2.84 bits per heavy atom. The Bertz CT molecular complexity index is 749. The zero-order valence-corrected chi connectivity index (χ0v) is 14.2. The van der Waals surface area contributed by atoms with Crippen molar-refractivity contribution in [2.45, 2.75) is 19.4 Å². The fraction of sp³-hybridized carbons (Fsp3) is 0.350. The van der Waals surface area contributed by atoms with Crippen LogP contribution in [0.2, 0.25) is 0 Å². The third-order valence-corrected chi connectivity index (χ3v) is 4.75. The summed E-state index contributed by atoms with van der Waals surface area (Å²) >= 11 is 0. The summed E-state index contributed by atoms with van der Waals surface area (Å²) in [4.78, 5) is 13.5. The molecule has 4 nitrogen and oxygen atoms in total. The first-order valence-electron chi connectivity index (χ1n) is 8.51. The van der Waals surface area contributed by atoms with E-state index in [-0.39, 0.29) is 17.4 Å². The van der Waals surface area contributed by atoms with Crippen molar-refractivity contribution in [1.82, 2.24) is 4.90 Å². The number of ether oxygens (including phenoxy) is 1. The van der Waals surface area contributed by atoms with E-state index in [1.54, 1.807) is 30.3 Å². The molecule has 0 unspecified atom stereocenters. The predicted octanol–water partition coefficient (Wildman–Crippen LogP) is 3.99. The largest absolute Gasteiger partial charge is 0.491 e. The van der Waals surface area contributed by atoms with Crippen LogP contribution in [0.5, 0.6) is 5.75 Å². The van der Waals surface area contributed by atoms with Gasteiger partial charge >= 0.3 is 5.97 Å². The minimum atomic E-state index is -0.997. The summed E-state index contributed by atoms with van der Waals surface area (Å²) in [5.41, 5.74) is 1.15. The van der Waals surface area contributed by atoms with Crippen molar-refractivity contribution in [3.05, 3.63) is 65.5 Å². The maximum Gasteiger partial charge on any atom is 0.339 e. The maximum atomic E-state index is 13.6. The fourth-order valence-corrected chi connectivity index (χ4v) is 3.55. The highest BCUT2D eigenvalue weighted by atomic mass is 19.1. The minimum Gasteiger partial charge on any atom is -0.491 e. The second-order valence-electron chi connectivity index (χ2n) is 6.45. The molecular weight excluding hydrogens is 321 g/mol. The SMILES string of the molecule is C[C@@H]1CCN(CCOc2ccccc2C(=O)O)[C@@H]1c1cccc(F)c1. The molecule has 0 saturated carbocycles. The lowest BCUT2D eigenvalue weighted by molar-refractivity contribution is 0.0691. The van der Waals surface area contributed by atoms with E-state index in [2.05, 4.69) is 11.8 Å². The van der Waals surface area contributed by atoms with Crippen LogP contribution in [0.1, 0.15) is 35.3 Å². The lowest BCUT2D eigenvalue weighted by Gasteiger charge is -2.27. The van der Waals surface area contributed by atoms with E-state index in [1.807, 2.05) is 6.07 Å². The van der Waals surface area contributed by atoms with Crippen LogP contribution in [0.25, 0.3) is 0 Å². The first-order chi connectivity index (χ1) is 12.1. The Balaban J connectivity index is 1.65. The van der Waals surface area contributed by atoms with E-state index in [1.165, 1.54) is 12.1 Å². The monoisotopic (exact) mass is 343 g/mol. The molecule has 1 fully saturated rings. The van der Waals surface area contributed by atoms with Gasteiger partial charge in [0.25, 0.3) is 0 Å². The molecule has 2 aromatic rings. The molecule has 25 heavy (non-hydrogen) atoms. The minimum absolute atomic E-state index is 0.161. The number of aromatic carboxylic acids is 1. The van der Waals surface area contributed by atoms with E-state index >= 15 is 0 Å². The molecule has 0 aromatic heterocycles. The topological polar surface area (TPSA) is 49.8 Å². The van der Waals surface area contributed by atoms with Gasteiger partial charge in [0.1, 0.15) is 23.7 Å². The molecule has 1 saturated heterocycles. The van der Waals surface area contributed by atoms with E-state index in [4.69, 9.17) is 4.74 Å². The lowest BCUT2D eigenvalue weighted by Crippen LogP contribution is -2.29. The molecule has 3 rings (SSSR count). The molecule has 0 aliphatic carbocycles. The number of carbonyl (C=O) groups is 1. The van der Waals surface area contributed by atoms with Crippen molar-refractivity contribution < 1.29 is 19.0 Å². The van der Waals surface area contributed by atoms with Gasteiger partial charge in [-0.05, 0) is 48.7 Å². The van der Waals surface area contributed by atoms with Crippen LogP contribution in [0.15, 0.2) is 48.5 Å².